The molecule has 1 aliphatic rings. The average Bonchev–Trinajstić information content (AvgIpc) is 2.60. The summed E-state index contributed by atoms with van der Waals surface area (Å²) in [6.07, 6.45) is 1.48. The number of esters is 1. The molecule has 0 saturated carbocycles. The van der Waals surface area contributed by atoms with Crippen molar-refractivity contribution in [2.24, 2.45) is 4.99 Å². The minimum Gasteiger partial charge on any atom is -0.465 e. The number of aliphatic imine (C=N–C) groups is 1. The lowest BCUT2D eigenvalue weighted by Gasteiger charge is -2.23. The van der Waals surface area contributed by atoms with Gasteiger partial charge in [0.05, 0.1) is 12.7 Å². The highest BCUT2D eigenvalue weighted by Crippen LogP contribution is 2.37. The number of carbonyl (C=O) groups is 2. The maximum Gasteiger partial charge on any atom is 0.340 e. The molecule has 0 fully saturated rings. The predicted molar refractivity (Wildman–Crippen MR) is 88.8 cm³/mol. The zero-order valence-corrected chi connectivity index (χ0v) is 12.9. The second kappa shape index (κ2) is 6.01. The van der Waals surface area contributed by atoms with Crippen LogP contribution in [-0.4, -0.2) is 32.1 Å². The van der Waals surface area contributed by atoms with Gasteiger partial charge in [0.2, 0.25) is 0 Å². The van der Waals surface area contributed by atoms with E-state index in [4.69, 9.17) is 4.74 Å². The van der Waals surface area contributed by atoms with E-state index >= 15 is 0 Å². The molecular formula is C19H15NO3. The Bertz CT molecular complexity index is 811. The molecule has 3 rings (SSSR count). The Morgan fingerprint density at radius 1 is 0.957 bits per heavy atom. The Morgan fingerprint density at radius 3 is 1.87 bits per heavy atom. The summed E-state index contributed by atoms with van der Waals surface area (Å²) in [6, 6.07) is 14.5. The van der Waals surface area contributed by atoms with Crippen LogP contribution in [0.3, 0.4) is 0 Å². The van der Waals surface area contributed by atoms with Crippen molar-refractivity contribution >= 4 is 23.5 Å². The fourth-order valence-corrected chi connectivity index (χ4v) is 2.84. The summed E-state index contributed by atoms with van der Waals surface area (Å²) in [5, 5.41) is 0. The van der Waals surface area contributed by atoms with Crippen LogP contribution in [0.1, 0.15) is 27.0 Å². The van der Waals surface area contributed by atoms with Crippen LogP contribution >= 0.6 is 0 Å². The number of hydrogen-bond donors (Lipinski definition) is 0. The minimum atomic E-state index is -0.482. The number of fused-ring (bicyclic) bond motifs is 2. The molecule has 2 aromatic rings. The number of benzene rings is 2. The average molecular weight is 305 g/mol. The zero-order chi connectivity index (χ0) is 16.4. The molecule has 0 unspecified atom stereocenters. The molecule has 0 spiro atoms. The summed E-state index contributed by atoms with van der Waals surface area (Å²) in [7, 11) is 2.92. The summed E-state index contributed by atoms with van der Waals surface area (Å²) < 4.78 is 4.90. The highest BCUT2D eigenvalue weighted by atomic mass is 16.5. The first-order valence-corrected chi connectivity index (χ1v) is 7.17. The van der Waals surface area contributed by atoms with E-state index in [1.54, 1.807) is 19.2 Å². The molecule has 1 aliphatic carbocycles. The van der Waals surface area contributed by atoms with Crippen molar-refractivity contribution in [3.8, 4) is 0 Å². The number of hydrogen-bond acceptors (Lipinski definition) is 4. The lowest BCUT2D eigenvalue weighted by atomic mass is 9.79. The largest absolute Gasteiger partial charge is 0.465 e. The molecule has 4 nitrogen and oxygen atoms in total. The summed E-state index contributed by atoms with van der Waals surface area (Å²) in [4.78, 5) is 28.9. The van der Waals surface area contributed by atoms with Crippen LogP contribution in [0.15, 0.2) is 59.1 Å². The molecule has 0 atom stereocenters. The van der Waals surface area contributed by atoms with Gasteiger partial charge in [-0.2, -0.15) is 0 Å². The van der Waals surface area contributed by atoms with Crippen molar-refractivity contribution < 1.29 is 14.3 Å². The SMILES string of the molecule is C/N=C/C(C(=O)OC)=C1c2ccccc2C(=O)c2ccccc21. The molecule has 0 bridgehead atoms. The summed E-state index contributed by atoms with van der Waals surface area (Å²) >= 11 is 0. The Balaban J connectivity index is 2.43. The van der Waals surface area contributed by atoms with Gasteiger partial charge in [-0.05, 0) is 11.1 Å². The van der Waals surface area contributed by atoms with E-state index in [9.17, 15) is 9.59 Å². The molecule has 114 valence electrons. The van der Waals surface area contributed by atoms with Crippen LogP contribution in [0.5, 0.6) is 0 Å². The van der Waals surface area contributed by atoms with Gasteiger partial charge >= 0.3 is 5.97 Å². The van der Waals surface area contributed by atoms with Gasteiger partial charge in [-0.25, -0.2) is 4.79 Å². The second-order valence-electron chi connectivity index (χ2n) is 5.09. The van der Waals surface area contributed by atoms with Gasteiger partial charge in [-0.3, -0.25) is 9.79 Å². The number of rotatable bonds is 2. The first-order valence-electron chi connectivity index (χ1n) is 7.17. The number of methoxy groups -OCH3 is 1. The first kappa shape index (κ1) is 14.9. The highest BCUT2D eigenvalue weighted by molar-refractivity contribution is 6.25. The van der Waals surface area contributed by atoms with Crippen LogP contribution in [0.4, 0.5) is 0 Å². The summed E-state index contributed by atoms with van der Waals surface area (Å²) in [5.41, 5.74) is 3.60. The van der Waals surface area contributed by atoms with Crippen molar-refractivity contribution in [3.63, 3.8) is 0 Å². The summed E-state index contributed by atoms with van der Waals surface area (Å²) in [6.45, 7) is 0. The molecule has 0 aromatic heterocycles. The lowest BCUT2D eigenvalue weighted by Crippen LogP contribution is -2.18. The van der Waals surface area contributed by atoms with Gasteiger partial charge < -0.3 is 4.74 Å². The van der Waals surface area contributed by atoms with Crippen LogP contribution in [-0.2, 0) is 9.53 Å². The minimum absolute atomic E-state index is 0.0439. The Labute approximate surface area is 134 Å². The standard InChI is InChI=1S/C19H15NO3/c1-20-11-16(19(22)23-2)17-12-7-3-5-9-14(12)18(21)15-10-6-4-8-13(15)17/h3-11H,1-2H3/b20-11+. The zero-order valence-electron chi connectivity index (χ0n) is 12.9. The maximum atomic E-state index is 12.7. The van der Waals surface area contributed by atoms with Crippen molar-refractivity contribution in [1.82, 2.24) is 0 Å². The van der Waals surface area contributed by atoms with Crippen molar-refractivity contribution in [3.05, 3.63) is 76.4 Å². The van der Waals surface area contributed by atoms with E-state index in [0.29, 0.717) is 22.3 Å². The highest BCUT2D eigenvalue weighted by Gasteiger charge is 2.29. The maximum absolute atomic E-state index is 12.7. The molecule has 2 aromatic carbocycles. The number of nitrogens with zero attached hydrogens (tertiary/aromatic N) is 1. The van der Waals surface area contributed by atoms with E-state index in [1.165, 1.54) is 13.3 Å². The molecular weight excluding hydrogens is 290 g/mol. The van der Waals surface area contributed by atoms with E-state index in [1.807, 2.05) is 36.4 Å². The van der Waals surface area contributed by atoms with Crippen LogP contribution in [0, 0.1) is 0 Å². The third kappa shape index (κ3) is 2.38. The molecule has 0 radical (unpaired) electrons. The molecule has 23 heavy (non-hydrogen) atoms. The fourth-order valence-electron chi connectivity index (χ4n) is 2.84. The Morgan fingerprint density at radius 2 is 1.43 bits per heavy atom. The Kier molecular flexibility index (Phi) is 3.89. The van der Waals surface area contributed by atoms with Crippen LogP contribution in [0.2, 0.25) is 0 Å². The van der Waals surface area contributed by atoms with Gasteiger partial charge in [0.1, 0.15) is 0 Å². The van der Waals surface area contributed by atoms with Crippen LogP contribution < -0.4 is 0 Å². The number of ether oxygens (including phenoxy) is 1. The molecule has 0 N–H and O–H groups in total. The van der Waals surface area contributed by atoms with Crippen molar-refractivity contribution in [2.45, 2.75) is 0 Å². The van der Waals surface area contributed by atoms with Crippen molar-refractivity contribution in [1.29, 1.82) is 0 Å². The third-order valence-corrected chi connectivity index (χ3v) is 3.81. The normalized spacial score (nSPS) is 12.8. The van der Waals surface area contributed by atoms with E-state index < -0.39 is 5.97 Å². The predicted octanol–water partition coefficient (Wildman–Crippen LogP) is 2.91. The van der Waals surface area contributed by atoms with E-state index in [-0.39, 0.29) is 5.78 Å². The molecule has 0 heterocycles. The van der Waals surface area contributed by atoms with E-state index in [0.717, 1.165) is 11.1 Å². The third-order valence-electron chi connectivity index (χ3n) is 3.81. The van der Waals surface area contributed by atoms with Gasteiger partial charge in [-0.1, -0.05) is 48.5 Å². The van der Waals surface area contributed by atoms with Gasteiger partial charge in [0, 0.05) is 30.0 Å². The van der Waals surface area contributed by atoms with Gasteiger partial charge in [0.25, 0.3) is 0 Å². The topological polar surface area (TPSA) is 55.7 Å². The fraction of sp³-hybridized carbons (Fsp3) is 0.105. The van der Waals surface area contributed by atoms with Gasteiger partial charge in [0.15, 0.2) is 5.78 Å². The van der Waals surface area contributed by atoms with Crippen LogP contribution in [0.25, 0.3) is 5.57 Å². The number of ketones is 1. The number of carbonyl (C=O) groups excluding carboxylic acids is 2. The molecule has 0 aliphatic heterocycles. The lowest BCUT2D eigenvalue weighted by molar-refractivity contribution is -0.135. The molecule has 0 amide bonds. The molecule has 4 heteroatoms. The molecule has 0 saturated heterocycles. The quantitative estimate of drug-likeness (QED) is 0.415. The second-order valence-corrected chi connectivity index (χ2v) is 5.09. The first-order chi connectivity index (χ1) is 11.2. The smallest absolute Gasteiger partial charge is 0.340 e. The monoisotopic (exact) mass is 305 g/mol. The Hall–Kier alpha value is -3.01. The van der Waals surface area contributed by atoms with E-state index in [2.05, 4.69) is 4.99 Å². The van der Waals surface area contributed by atoms with Crippen molar-refractivity contribution in [2.75, 3.05) is 14.2 Å². The van der Waals surface area contributed by atoms with Gasteiger partial charge in [-0.15, -0.1) is 0 Å². The summed E-state index contributed by atoms with van der Waals surface area (Å²) in [5.74, 6) is -0.526.